The first kappa shape index (κ1) is 20.5. The number of anilines is 2. The minimum absolute atomic E-state index is 0.0661. The van der Waals surface area contributed by atoms with E-state index in [2.05, 4.69) is 34.6 Å². The summed E-state index contributed by atoms with van der Waals surface area (Å²) in [7, 11) is 5.70. The molecule has 2 N–H and O–H groups in total. The Labute approximate surface area is 161 Å². The van der Waals surface area contributed by atoms with Crippen molar-refractivity contribution >= 4 is 23.3 Å². The number of amides is 3. The van der Waals surface area contributed by atoms with Crippen molar-refractivity contribution in [3.8, 4) is 0 Å². The third-order valence-electron chi connectivity index (χ3n) is 4.59. The molecule has 0 unspecified atom stereocenters. The van der Waals surface area contributed by atoms with Crippen LogP contribution in [0.3, 0.4) is 0 Å². The highest BCUT2D eigenvalue weighted by molar-refractivity contribution is 5.93. The molecule has 0 saturated carbocycles. The normalized spacial score (nSPS) is 11.8. The fraction of sp³-hybridized carbons (Fsp3) is 0.333. The molecule has 2 aromatic rings. The molecular formula is C21H28N4O2. The summed E-state index contributed by atoms with van der Waals surface area (Å²) in [5.74, 6) is -0.0661. The summed E-state index contributed by atoms with van der Waals surface area (Å²) in [4.78, 5) is 27.5. The van der Waals surface area contributed by atoms with Crippen molar-refractivity contribution < 1.29 is 9.59 Å². The Morgan fingerprint density at radius 2 is 1.74 bits per heavy atom. The average molecular weight is 368 g/mol. The van der Waals surface area contributed by atoms with Gasteiger partial charge in [0.15, 0.2) is 0 Å². The average Bonchev–Trinajstić information content (AvgIpc) is 2.62. The third kappa shape index (κ3) is 5.56. The van der Waals surface area contributed by atoms with Crippen molar-refractivity contribution in [1.82, 2.24) is 10.2 Å². The predicted molar refractivity (Wildman–Crippen MR) is 110 cm³/mol. The highest BCUT2D eigenvalue weighted by Crippen LogP contribution is 2.21. The lowest BCUT2D eigenvalue weighted by atomic mass is 10.0. The zero-order valence-electron chi connectivity index (χ0n) is 16.6. The topological polar surface area (TPSA) is 64.7 Å². The molecule has 3 amide bonds. The van der Waals surface area contributed by atoms with Gasteiger partial charge in [0.05, 0.1) is 6.04 Å². The van der Waals surface area contributed by atoms with Gasteiger partial charge in [-0.25, -0.2) is 4.79 Å². The van der Waals surface area contributed by atoms with Gasteiger partial charge in [-0.1, -0.05) is 30.3 Å². The van der Waals surface area contributed by atoms with Crippen molar-refractivity contribution in [3.63, 3.8) is 0 Å². The van der Waals surface area contributed by atoms with E-state index in [9.17, 15) is 9.59 Å². The van der Waals surface area contributed by atoms with Gasteiger partial charge < -0.3 is 20.4 Å². The first-order valence-electron chi connectivity index (χ1n) is 8.90. The number of aryl methyl sites for hydroxylation is 1. The lowest BCUT2D eigenvalue weighted by Crippen LogP contribution is -2.37. The maximum absolute atomic E-state index is 12.3. The monoisotopic (exact) mass is 368 g/mol. The summed E-state index contributed by atoms with van der Waals surface area (Å²) >= 11 is 0. The number of hydrogen-bond acceptors (Lipinski definition) is 3. The maximum Gasteiger partial charge on any atom is 0.319 e. The summed E-state index contributed by atoms with van der Waals surface area (Å²) in [6, 6.07) is 15.2. The molecule has 2 rings (SSSR count). The molecular weight excluding hydrogens is 340 g/mol. The Bertz CT molecular complexity index is 804. The van der Waals surface area contributed by atoms with Gasteiger partial charge in [-0.05, 0) is 50.3 Å². The van der Waals surface area contributed by atoms with E-state index in [1.807, 2.05) is 32.3 Å². The van der Waals surface area contributed by atoms with Crippen LogP contribution in [0.2, 0.25) is 0 Å². The standard InChI is InChI=1S/C21H28N4O2/c1-15-9-6-7-12-19(15)20(24(3)4)14-22-21(27)23-17-10-8-11-18(13-17)25(5)16(2)26/h6-13,20H,14H2,1-5H3,(H2,22,23,27)/t20-/m1/s1. The first-order valence-corrected chi connectivity index (χ1v) is 8.90. The second-order valence-electron chi connectivity index (χ2n) is 6.80. The van der Waals surface area contributed by atoms with Crippen molar-refractivity contribution in [3.05, 3.63) is 59.7 Å². The molecule has 6 heteroatoms. The molecule has 27 heavy (non-hydrogen) atoms. The van der Waals surface area contributed by atoms with E-state index in [0.717, 1.165) is 5.69 Å². The fourth-order valence-corrected chi connectivity index (χ4v) is 2.87. The zero-order chi connectivity index (χ0) is 20.0. The largest absolute Gasteiger partial charge is 0.336 e. The fourth-order valence-electron chi connectivity index (χ4n) is 2.87. The lowest BCUT2D eigenvalue weighted by Gasteiger charge is -2.26. The molecule has 0 spiro atoms. The number of hydrogen-bond donors (Lipinski definition) is 2. The van der Waals surface area contributed by atoms with Gasteiger partial charge in [0.25, 0.3) is 0 Å². The second kappa shape index (κ2) is 9.19. The molecule has 0 fully saturated rings. The van der Waals surface area contributed by atoms with E-state index in [0.29, 0.717) is 12.2 Å². The minimum Gasteiger partial charge on any atom is -0.336 e. The molecule has 0 saturated heterocycles. The van der Waals surface area contributed by atoms with Gasteiger partial charge in [-0.15, -0.1) is 0 Å². The van der Waals surface area contributed by atoms with Crippen LogP contribution in [0.4, 0.5) is 16.2 Å². The van der Waals surface area contributed by atoms with Crippen LogP contribution in [-0.2, 0) is 4.79 Å². The minimum atomic E-state index is -0.280. The Kier molecular flexibility index (Phi) is 6.96. The maximum atomic E-state index is 12.3. The number of likely N-dealkylation sites (N-methyl/N-ethyl adjacent to an activating group) is 1. The van der Waals surface area contributed by atoms with E-state index in [1.165, 1.54) is 23.0 Å². The summed E-state index contributed by atoms with van der Waals surface area (Å²) in [6.07, 6.45) is 0. The van der Waals surface area contributed by atoms with Crippen LogP contribution < -0.4 is 15.5 Å². The van der Waals surface area contributed by atoms with Gasteiger partial charge >= 0.3 is 6.03 Å². The summed E-state index contributed by atoms with van der Waals surface area (Å²) in [5.41, 5.74) is 3.74. The molecule has 2 aromatic carbocycles. The third-order valence-corrected chi connectivity index (χ3v) is 4.59. The van der Waals surface area contributed by atoms with Crippen molar-refractivity contribution in [1.29, 1.82) is 0 Å². The SMILES string of the molecule is CC(=O)N(C)c1cccc(NC(=O)NC[C@H](c2ccccc2C)N(C)C)c1. The number of carbonyl (C=O) groups excluding carboxylic acids is 2. The molecule has 1 atom stereocenters. The summed E-state index contributed by atoms with van der Waals surface area (Å²) < 4.78 is 0. The van der Waals surface area contributed by atoms with Crippen LogP contribution in [0, 0.1) is 6.92 Å². The van der Waals surface area contributed by atoms with E-state index in [-0.39, 0.29) is 18.0 Å². The smallest absolute Gasteiger partial charge is 0.319 e. The Hall–Kier alpha value is -2.86. The van der Waals surface area contributed by atoms with Crippen molar-refractivity contribution in [2.75, 3.05) is 37.9 Å². The molecule has 0 bridgehead atoms. The Balaban J connectivity index is 2.02. The highest BCUT2D eigenvalue weighted by Gasteiger charge is 2.17. The first-order chi connectivity index (χ1) is 12.8. The van der Waals surface area contributed by atoms with Crippen LogP contribution in [-0.4, -0.2) is 44.5 Å². The van der Waals surface area contributed by atoms with Crippen LogP contribution in [0.1, 0.15) is 24.1 Å². The quantitative estimate of drug-likeness (QED) is 0.821. The van der Waals surface area contributed by atoms with E-state index >= 15 is 0 Å². The van der Waals surface area contributed by atoms with E-state index in [1.54, 1.807) is 25.2 Å². The molecule has 0 aliphatic heterocycles. The van der Waals surface area contributed by atoms with Crippen LogP contribution in [0.25, 0.3) is 0 Å². The van der Waals surface area contributed by atoms with Crippen LogP contribution in [0.15, 0.2) is 48.5 Å². The van der Waals surface area contributed by atoms with Gasteiger partial charge in [-0.3, -0.25) is 4.79 Å². The molecule has 6 nitrogen and oxygen atoms in total. The van der Waals surface area contributed by atoms with Crippen molar-refractivity contribution in [2.45, 2.75) is 19.9 Å². The van der Waals surface area contributed by atoms with E-state index < -0.39 is 0 Å². The Morgan fingerprint density at radius 3 is 2.37 bits per heavy atom. The number of urea groups is 1. The van der Waals surface area contributed by atoms with Crippen LogP contribution in [0.5, 0.6) is 0 Å². The molecule has 0 aliphatic rings. The number of nitrogens with zero attached hydrogens (tertiary/aromatic N) is 2. The molecule has 0 aliphatic carbocycles. The number of benzene rings is 2. The molecule has 144 valence electrons. The number of rotatable bonds is 6. The van der Waals surface area contributed by atoms with Gasteiger partial charge in [0.2, 0.25) is 5.91 Å². The highest BCUT2D eigenvalue weighted by atomic mass is 16.2. The van der Waals surface area contributed by atoms with Crippen LogP contribution >= 0.6 is 0 Å². The van der Waals surface area contributed by atoms with Gasteiger partial charge in [0, 0.05) is 31.9 Å². The predicted octanol–water partition coefficient (Wildman–Crippen LogP) is 3.40. The lowest BCUT2D eigenvalue weighted by molar-refractivity contribution is -0.116. The summed E-state index contributed by atoms with van der Waals surface area (Å²) in [5, 5.41) is 5.77. The number of carbonyl (C=O) groups is 2. The van der Waals surface area contributed by atoms with Gasteiger partial charge in [-0.2, -0.15) is 0 Å². The van der Waals surface area contributed by atoms with Gasteiger partial charge in [0.1, 0.15) is 0 Å². The molecule has 0 radical (unpaired) electrons. The Morgan fingerprint density at radius 1 is 1.04 bits per heavy atom. The van der Waals surface area contributed by atoms with Crippen molar-refractivity contribution in [2.24, 2.45) is 0 Å². The molecule has 0 heterocycles. The molecule has 0 aromatic heterocycles. The van der Waals surface area contributed by atoms with E-state index in [4.69, 9.17) is 0 Å². The zero-order valence-corrected chi connectivity index (χ0v) is 16.6. The second-order valence-corrected chi connectivity index (χ2v) is 6.80. The number of nitrogens with one attached hydrogen (secondary N) is 2. The summed E-state index contributed by atoms with van der Waals surface area (Å²) in [6.45, 7) is 4.05.